The Labute approximate surface area is 184 Å². The molecule has 0 bridgehead atoms. The van der Waals surface area contributed by atoms with Gasteiger partial charge >= 0.3 is 0 Å². The van der Waals surface area contributed by atoms with Crippen molar-refractivity contribution in [3.8, 4) is 17.0 Å². The molecule has 0 aliphatic carbocycles. The predicted molar refractivity (Wildman–Crippen MR) is 116 cm³/mol. The van der Waals surface area contributed by atoms with E-state index in [0.29, 0.717) is 30.8 Å². The number of pyridine rings is 1. The number of rotatable bonds is 6. The van der Waals surface area contributed by atoms with Crippen LogP contribution in [0.15, 0.2) is 23.1 Å². The standard InChI is InChI=1S/C21H24ClFN6O2/c1-4-6-29-13(3)19(12(2)27-29)14-8-17(23)25-18(9-14)31-15-5-7-28(11-15)16-10-24-26-21(30)20(16)22/h8-10,15H,4-7,11H2,1-3H3,(H,26,30)/t15-/m1/s1. The number of aromatic amines is 1. The van der Waals surface area contributed by atoms with E-state index >= 15 is 0 Å². The third-order valence-electron chi connectivity index (χ3n) is 5.43. The van der Waals surface area contributed by atoms with Crippen molar-refractivity contribution in [1.82, 2.24) is 25.0 Å². The topological polar surface area (TPSA) is 88.9 Å². The number of nitrogens with zero attached hydrogens (tertiary/aromatic N) is 5. The molecule has 0 unspecified atom stereocenters. The van der Waals surface area contributed by atoms with Gasteiger partial charge in [0.15, 0.2) is 0 Å². The Morgan fingerprint density at radius 3 is 2.94 bits per heavy atom. The summed E-state index contributed by atoms with van der Waals surface area (Å²) < 4.78 is 22.3. The second kappa shape index (κ2) is 8.66. The molecule has 8 nitrogen and oxygen atoms in total. The molecular weight excluding hydrogens is 423 g/mol. The average Bonchev–Trinajstić information content (AvgIpc) is 3.28. The third-order valence-corrected chi connectivity index (χ3v) is 5.79. The van der Waals surface area contributed by atoms with Gasteiger partial charge in [0.25, 0.3) is 5.56 Å². The molecule has 0 amide bonds. The molecule has 0 spiro atoms. The van der Waals surface area contributed by atoms with Crippen LogP contribution in [0, 0.1) is 19.8 Å². The minimum Gasteiger partial charge on any atom is -0.472 e. The smallest absolute Gasteiger partial charge is 0.285 e. The number of hydrogen-bond acceptors (Lipinski definition) is 6. The summed E-state index contributed by atoms with van der Waals surface area (Å²) in [6.07, 6.45) is 2.95. The van der Waals surface area contributed by atoms with E-state index in [0.717, 1.165) is 29.9 Å². The average molecular weight is 447 g/mol. The van der Waals surface area contributed by atoms with Gasteiger partial charge in [-0.25, -0.2) is 5.10 Å². The van der Waals surface area contributed by atoms with Gasteiger partial charge in [-0.2, -0.15) is 19.6 Å². The van der Waals surface area contributed by atoms with Crippen LogP contribution >= 0.6 is 11.6 Å². The zero-order valence-electron chi connectivity index (χ0n) is 17.7. The lowest BCUT2D eigenvalue weighted by molar-refractivity contribution is 0.213. The maximum absolute atomic E-state index is 14.4. The number of aromatic nitrogens is 5. The minimum atomic E-state index is -0.605. The fourth-order valence-corrected chi connectivity index (χ4v) is 4.24. The summed E-state index contributed by atoms with van der Waals surface area (Å²) in [5.74, 6) is -0.384. The van der Waals surface area contributed by atoms with Crippen molar-refractivity contribution < 1.29 is 9.13 Å². The molecule has 0 aromatic carbocycles. The lowest BCUT2D eigenvalue weighted by Gasteiger charge is -2.19. The van der Waals surface area contributed by atoms with Crippen molar-refractivity contribution in [2.45, 2.75) is 46.3 Å². The fraction of sp³-hybridized carbons (Fsp3) is 0.429. The van der Waals surface area contributed by atoms with Crippen LogP contribution in [-0.2, 0) is 6.54 Å². The number of H-pyrrole nitrogens is 1. The lowest BCUT2D eigenvalue weighted by atomic mass is 10.1. The summed E-state index contributed by atoms with van der Waals surface area (Å²) in [6, 6.07) is 3.16. The zero-order chi connectivity index (χ0) is 22.1. The molecule has 1 aliphatic rings. The van der Waals surface area contributed by atoms with E-state index in [4.69, 9.17) is 16.3 Å². The SMILES string of the molecule is CCCn1nc(C)c(-c2cc(F)nc(O[C@@H]3CCN(c4cn[nH]c(=O)c4Cl)C3)c2)c1C. The number of ether oxygens (including phenoxy) is 1. The highest BCUT2D eigenvalue weighted by atomic mass is 35.5. The van der Waals surface area contributed by atoms with Crippen LogP contribution in [-0.4, -0.2) is 44.2 Å². The predicted octanol–water partition coefficient (Wildman–Crippen LogP) is 3.51. The molecule has 3 aromatic heterocycles. The normalized spacial score (nSPS) is 16.2. The van der Waals surface area contributed by atoms with Crippen molar-refractivity contribution in [1.29, 1.82) is 0 Å². The molecule has 1 atom stereocenters. The summed E-state index contributed by atoms with van der Waals surface area (Å²) in [7, 11) is 0. The Balaban J connectivity index is 1.55. The number of anilines is 1. The highest BCUT2D eigenvalue weighted by Crippen LogP contribution is 2.31. The van der Waals surface area contributed by atoms with Gasteiger partial charge in [0.05, 0.1) is 24.1 Å². The number of halogens is 2. The Hall–Kier alpha value is -2.94. The van der Waals surface area contributed by atoms with Crippen molar-refractivity contribution in [3.63, 3.8) is 0 Å². The van der Waals surface area contributed by atoms with E-state index in [2.05, 4.69) is 27.2 Å². The number of nitrogens with one attached hydrogen (secondary N) is 1. The van der Waals surface area contributed by atoms with Gasteiger partial charge in [-0.05, 0) is 25.8 Å². The first-order chi connectivity index (χ1) is 14.9. The van der Waals surface area contributed by atoms with Crippen LogP contribution in [0.2, 0.25) is 5.02 Å². The van der Waals surface area contributed by atoms with Crippen LogP contribution in [0.1, 0.15) is 31.2 Å². The summed E-state index contributed by atoms with van der Waals surface area (Å²) in [4.78, 5) is 17.6. The second-order valence-corrected chi connectivity index (χ2v) is 8.04. The summed E-state index contributed by atoms with van der Waals surface area (Å²) in [6.45, 7) is 7.93. The van der Waals surface area contributed by atoms with E-state index in [-0.39, 0.29) is 17.0 Å². The van der Waals surface area contributed by atoms with E-state index in [1.165, 1.54) is 12.3 Å². The zero-order valence-corrected chi connectivity index (χ0v) is 18.4. The first-order valence-electron chi connectivity index (χ1n) is 10.2. The maximum Gasteiger partial charge on any atom is 0.285 e. The summed E-state index contributed by atoms with van der Waals surface area (Å²) in [5, 5.41) is 10.8. The molecule has 4 rings (SSSR count). The van der Waals surface area contributed by atoms with E-state index in [9.17, 15) is 9.18 Å². The molecule has 1 saturated heterocycles. The summed E-state index contributed by atoms with van der Waals surface area (Å²) in [5.41, 5.74) is 3.53. The van der Waals surface area contributed by atoms with Crippen LogP contribution in [0.4, 0.5) is 10.1 Å². The van der Waals surface area contributed by atoms with Gasteiger partial charge in [0, 0.05) is 42.9 Å². The Kier molecular flexibility index (Phi) is 5.95. The highest BCUT2D eigenvalue weighted by Gasteiger charge is 2.27. The molecule has 3 aromatic rings. The van der Waals surface area contributed by atoms with Gasteiger partial charge in [0.1, 0.15) is 11.1 Å². The van der Waals surface area contributed by atoms with Gasteiger partial charge in [0.2, 0.25) is 11.8 Å². The van der Waals surface area contributed by atoms with Crippen molar-refractivity contribution in [3.05, 3.63) is 51.0 Å². The van der Waals surface area contributed by atoms with Crippen LogP contribution in [0.5, 0.6) is 5.88 Å². The Morgan fingerprint density at radius 1 is 1.35 bits per heavy atom. The van der Waals surface area contributed by atoms with E-state index < -0.39 is 11.5 Å². The molecular formula is C21H24ClFN6O2. The van der Waals surface area contributed by atoms with Crippen LogP contribution in [0.3, 0.4) is 0 Å². The van der Waals surface area contributed by atoms with Gasteiger partial charge in [-0.3, -0.25) is 9.48 Å². The van der Waals surface area contributed by atoms with Crippen LogP contribution in [0.25, 0.3) is 11.1 Å². The molecule has 1 fully saturated rings. The molecule has 10 heteroatoms. The Bertz CT molecular complexity index is 1160. The third kappa shape index (κ3) is 4.27. The van der Waals surface area contributed by atoms with E-state index in [1.54, 1.807) is 6.07 Å². The molecule has 1 aliphatic heterocycles. The number of aryl methyl sites for hydroxylation is 2. The largest absolute Gasteiger partial charge is 0.472 e. The maximum atomic E-state index is 14.4. The Morgan fingerprint density at radius 2 is 2.16 bits per heavy atom. The highest BCUT2D eigenvalue weighted by molar-refractivity contribution is 6.33. The van der Waals surface area contributed by atoms with Crippen LogP contribution < -0.4 is 15.2 Å². The molecule has 31 heavy (non-hydrogen) atoms. The lowest BCUT2D eigenvalue weighted by Crippen LogP contribution is -2.26. The van der Waals surface area contributed by atoms with Gasteiger partial charge < -0.3 is 9.64 Å². The second-order valence-electron chi connectivity index (χ2n) is 7.66. The van der Waals surface area contributed by atoms with Gasteiger partial charge in [-0.15, -0.1) is 0 Å². The monoisotopic (exact) mass is 446 g/mol. The van der Waals surface area contributed by atoms with Crippen molar-refractivity contribution in [2.24, 2.45) is 0 Å². The number of hydrogen-bond donors (Lipinski definition) is 1. The quantitative estimate of drug-likeness (QED) is 0.583. The first kappa shape index (κ1) is 21.3. The van der Waals surface area contributed by atoms with Gasteiger partial charge in [-0.1, -0.05) is 18.5 Å². The molecule has 4 heterocycles. The van der Waals surface area contributed by atoms with Crippen molar-refractivity contribution in [2.75, 3.05) is 18.0 Å². The minimum absolute atomic E-state index is 0.0943. The molecule has 1 N–H and O–H groups in total. The van der Waals surface area contributed by atoms with Crippen molar-refractivity contribution >= 4 is 17.3 Å². The molecule has 0 radical (unpaired) electrons. The van der Waals surface area contributed by atoms with E-state index in [1.807, 2.05) is 23.4 Å². The first-order valence-corrected chi connectivity index (χ1v) is 10.6. The molecule has 0 saturated carbocycles. The molecule has 164 valence electrons. The fourth-order valence-electron chi connectivity index (χ4n) is 4.03. The summed E-state index contributed by atoms with van der Waals surface area (Å²) >= 11 is 6.11.